The molecule has 3 rings (SSSR count). The second-order valence-corrected chi connectivity index (χ2v) is 7.77. The fourth-order valence-electron chi connectivity index (χ4n) is 3.21. The van der Waals surface area contributed by atoms with Crippen LogP contribution in [0.5, 0.6) is 5.75 Å². The monoisotopic (exact) mass is 401 g/mol. The molecule has 0 bridgehead atoms. The second kappa shape index (κ2) is 9.03. The second-order valence-electron chi connectivity index (χ2n) is 6.73. The van der Waals surface area contributed by atoms with Crippen LogP contribution in [0.25, 0.3) is 11.0 Å². The summed E-state index contributed by atoms with van der Waals surface area (Å²) in [6.07, 6.45) is 0.676. The number of hydrogen-bond donors (Lipinski definition) is 3. The maximum Gasteiger partial charge on any atom is 0.336 e. The SMILES string of the molecule is CCc1cc2c(C[NH+](CC)CC(=O)NCc3cccs3)cc(=O)oc2cc1O. The van der Waals surface area contributed by atoms with Gasteiger partial charge in [-0.1, -0.05) is 13.0 Å². The largest absolute Gasteiger partial charge is 0.508 e. The van der Waals surface area contributed by atoms with Gasteiger partial charge in [0.2, 0.25) is 0 Å². The Kier molecular flexibility index (Phi) is 6.49. The number of benzene rings is 1. The van der Waals surface area contributed by atoms with Gasteiger partial charge in [-0.3, -0.25) is 4.79 Å². The van der Waals surface area contributed by atoms with E-state index in [4.69, 9.17) is 4.42 Å². The number of hydrogen-bond acceptors (Lipinski definition) is 5. The van der Waals surface area contributed by atoms with Gasteiger partial charge in [-0.25, -0.2) is 4.79 Å². The van der Waals surface area contributed by atoms with Crippen LogP contribution in [0.2, 0.25) is 0 Å². The van der Waals surface area contributed by atoms with Crippen molar-refractivity contribution >= 4 is 28.2 Å². The molecule has 1 unspecified atom stereocenters. The Labute approximate surface area is 167 Å². The van der Waals surface area contributed by atoms with Crippen molar-refractivity contribution in [2.45, 2.75) is 33.4 Å². The number of thiophene rings is 1. The first-order valence-corrected chi connectivity index (χ1v) is 10.3. The summed E-state index contributed by atoms with van der Waals surface area (Å²) in [7, 11) is 0. The number of fused-ring (bicyclic) bond motifs is 1. The van der Waals surface area contributed by atoms with E-state index in [1.807, 2.05) is 37.4 Å². The zero-order chi connectivity index (χ0) is 20.1. The molecule has 6 nitrogen and oxygen atoms in total. The van der Waals surface area contributed by atoms with E-state index in [2.05, 4.69) is 5.32 Å². The van der Waals surface area contributed by atoms with Crippen molar-refractivity contribution in [2.24, 2.45) is 0 Å². The van der Waals surface area contributed by atoms with Gasteiger partial charge in [0.15, 0.2) is 6.54 Å². The third kappa shape index (κ3) is 4.79. The molecule has 0 aliphatic heterocycles. The van der Waals surface area contributed by atoms with Gasteiger partial charge in [-0.15, -0.1) is 11.3 Å². The molecule has 28 heavy (non-hydrogen) atoms. The van der Waals surface area contributed by atoms with E-state index in [0.29, 0.717) is 31.6 Å². The predicted molar refractivity (Wildman–Crippen MR) is 110 cm³/mol. The predicted octanol–water partition coefficient (Wildman–Crippen LogP) is 1.84. The molecule has 3 aromatic rings. The average molecular weight is 402 g/mol. The molecule has 0 saturated heterocycles. The lowest BCUT2D eigenvalue weighted by atomic mass is 10.0. The number of carbonyl (C=O) groups excluding carboxylic acids is 1. The van der Waals surface area contributed by atoms with Crippen molar-refractivity contribution in [3.05, 3.63) is 62.1 Å². The van der Waals surface area contributed by atoms with Gasteiger partial charge < -0.3 is 19.7 Å². The molecule has 0 aliphatic rings. The van der Waals surface area contributed by atoms with E-state index in [1.54, 1.807) is 11.3 Å². The van der Waals surface area contributed by atoms with Crippen LogP contribution >= 0.6 is 11.3 Å². The maximum atomic E-state index is 12.3. The number of amides is 1. The number of aromatic hydroxyl groups is 1. The Hall–Kier alpha value is -2.64. The van der Waals surface area contributed by atoms with Crippen LogP contribution < -0.4 is 15.8 Å². The summed E-state index contributed by atoms with van der Waals surface area (Å²) in [5, 5.41) is 15.8. The quantitative estimate of drug-likeness (QED) is 0.503. The van der Waals surface area contributed by atoms with Crippen molar-refractivity contribution in [2.75, 3.05) is 13.1 Å². The molecule has 0 spiro atoms. The highest BCUT2D eigenvalue weighted by atomic mass is 32.1. The Morgan fingerprint density at radius 1 is 1.25 bits per heavy atom. The van der Waals surface area contributed by atoms with Gasteiger partial charge in [0.1, 0.15) is 17.9 Å². The van der Waals surface area contributed by atoms with Crippen molar-refractivity contribution in [1.29, 1.82) is 0 Å². The van der Waals surface area contributed by atoms with Crippen molar-refractivity contribution in [3.8, 4) is 5.75 Å². The summed E-state index contributed by atoms with van der Waals surface area (Å²) in [6.45, 7) is 6.10. The third-order valence-corrected chi connectivity index (χ3v) is 5.68. The summed E-state index contributed by atoms with van der Waals surface area (Å²) in [5.41, 5.74) is 1.54. The van der Waals surface area contributed by atoms with Gasteiger partial charge in [-0.05, 0) is 36.4 Å². The Balaban J connectivity index is 1.77. The molecule has 0 radical (unpaired) electrons. The van der Waals surface area contributed by atoms with E-state index in [9.17, 15) is 14.7 Å². The first-order valence-electron chi connectivity index (χ1n) is 9.41. The van der Waals surface area contributed by atoms with Crippen LogP contribution in [0.3, 0.4) is 0 Å². The third-order valence-electron chi connectivity index (χ3n) is 4.80. The number of nitrogens with one attached hydrogen (secondary N) is 2. The molecule has 0 fully saturated rings. The summed E-state index contributed by atoms with van der Waals surface area (Å²) in [5.74, 6) is 0.104. The molecule has 1 aromatic carbocycles. The average Bonchev–Trinajstić information content (AvgIpc) is 3.18. The fourth-order valence-corrected chi connectivity index (χ4v) is 3.85. The molecule has 0 saturated carbocycles. The number of carbonyl (C=O) groups is 1. The molecule has 148 valence electrons. The van der Waals surface area contributed by atoms with E-state index < -0.39 is 5.63 Å². The van der Waals surface area contributed by atoms with E-state index in [0.717, 1.165) is 32.8 Å². The summed E-state index contributed by atoms with van der Waals surface area (Å²) >= 11 is 1.61. The smallest absolute Gasteiger partial charge is 0.336 e. The van der Waals surface area contributed by atoms with Crippen LogP contribution in [0.1, 0.15) is 29.9 Å². The number of rotatable bonds is 8. The fraction of sp³-hybridized carbons (Fsp3) is 0.333. The Morgan fingerprint density at radius 3 is 2.75 bits per heavy atom. The van der Waals surface area contributed by atoms with E-state index in [-0.39, 0.29) is 11.7 Å². The lowest BCUT2D eigenvalue weighted by Crippen LogP contribution is -3.11. The zero-order valence-electron chi connectivity index (χ0n) is 16.1. The highest BCUT2D eigenvalue weighted by Gasteiger charge is 2.17. The van der Waals surface area contributed by atoms with E-state index >= 15 is 0 Å². The lowest BCUT2D eigenvalue weighted by Gasteiger charge is -2.18. The van der Waals surface area contributed by atoms with E-state index in [1.165, 1.54) is 12.1 Å². The normalized spacial score (nSPS) is 12.2. The van der Waals surface area contributed by atoms with Crippen molar-refractivity contribution in [1.82, 2.24) is 5.32 Å². The summed E-state index contributed by atoms with van der Waals surface area (Å²) in [6, 6.07) is 8.80. The molecule has 2 heterocycles. The van der Waals surface area contributed by atoms with Gasteiger partial charge >= 0.3 is 5.63 Å². The molecule has 7 heteroatoms. The Morgan fingerprint density at radius 2 is 2.07 bits per heavy atom. The molecule has 1 atom stereocenters. The number of phenols is 1. The molecule has 0 aliphatic carbocycles. The summed E-state index contributed by atoms with van der Waals surface area (Å²) < 4.78 is 5.26. The van der Waals surface area contributed by atoms with Crippen LogP contribution in [0.15, 0.2) is 44.9 Å². The van der Waals surface area contributed by atoms with Crippen LogP contribution in [0.4, 0.5) is 0 Å². The summed E-state index contributed by atoms with van der Waals surface area (Å²) in [4.78, 5) is 26.5. The Bertz CT molecular complexity index is 1010. The van der Waals surface area contributed by atoms with Crippen molar-refractivity contribution in [3.63, 3.8) is 0 Å². The maximum absolute atomic E-state index is 12.3. The first kappa shape index (κ1) is 20.1. The molecular weight excluding hydrogens is 376 g/mol. The van der Waals surface area contributed by atoms with Gasteiger partial charge in [0.05, 0.1) is 13.1 Å². The van der Waals surface area contributed by atoms with Crippen LogP contribution in [0, 0.1) is 0 Å². The van der Waals surface area contributed by atoms with Gasteiger partial charge in [-0.2, -0.15) is 0 Å². The number of phenolic OH excluding ortho intramolecular Hbond substituents is 1. The molecule has 3 N–H and O–H groups in total. The minimum Gasteiger partial charge on any atom is -0.508 e. The van der Waals surface area contributed by atoms with Gasteiger partial charge in [0.25, 0.3) is 5.91 Å². The molecule has 2 aromatic heterocycles. The number of aryl methyl sites for hydroxylation is 1. The standard InChI is InChI=1S/C21H24N2O4S/c1-3-14-8-17-15(9-21(26)27-19(17)10-18(14)24)12-23(4-2)13-20(25)22-11-16-6-5-7-28-16/h5-10,24H,3-4,11-13H2,1-2H3,(H,22,25)/p+1. The zero-order valence-corrected chi connectivity index (χ0v) is 16.9. The minimum atomic E-state index is -0.455. The lowest BCUT2D eigenvalue weighted by molar-refractivity contribution is -0.904. The highest BCUT2D eigenvalue weighted by Crippen LogP contribution is 2.26. The molecular formula is C21H25N2O4S+. The number of likely N-dealkylation sites (N-methyl/N-ethyl adjacent to an activating group) is 1. The minimum absolute atomic E-state index is 0.0237. The molecule has 1 amide bonds. The first-order chi connectivity index (χ1) is 13.5. The van der Waals surface area contributed by atoms with Gasteiger partial charge in [0, 0.05) is 28.0 Å². The topological polar surface area (TPSA) is 84.0 Å². The van der Waals surface area contributed by atoms with Crippen LogP contribution in [-0.2, 0) is 24.3 Å². The van der Waals surface area contributed by atoms with Crippen LogP contribution in [-0.4, -0.2) is 24.1 Å². The number of quaternary nitrogens is 1. The van der Waals surface area contributed by atoms with Crippen molar-refractivity contribution < 1.29 is 19.2 Å². The highest BCUT2D eigenvalue weighted by molar-refractivity contribution is 7.09.